The molecule has 3 fully saturated rings. The second-order valence-electron chi connectivity index (χ2n) is 34.1. The van der Waals surface area contributed by atoms with E-state index < -0.39 is 26.5 Å². The molecule has 0 radical (unpaired) electrons. The van der Waals surface area contributed by atoms with Crippen LogP contribution < -0.4 is 36.4 Å². The molecule has 26 nitrogen and oxygen atoms in total. The topological polar surface area (TPSA) is 340 Å². The molecule has 0 spiro atoms. The fraction of sp³-hybridized carbons (Fsp3) is 0.360. The second kappa shape index (κ2) is 63.4. The minimum Gasteiger partial charge on any atom is -0.465 e. The van der Waals surface area contributed by atoms with Crippen LogP contribution in [0.25, 0.3) is 11.0 Å². The van der Waals surface area contributed by atoms with Crippen molar-refractivity contribution in [2.45, 2.75) is 168 Å². The van der Waals surface area contributed by atoms with Gasteiger partial charge in [-0.15, -0.1) is 0 Å². The fourth-order valence-corrected chi connectivity index (χ4v) is 15.8. The number of amides is 6. The van der Waals surface area contributed by atoms with Crippen LogP contribution in [-0.4, -0.2) is 176 Å². The van der Waals surface area contributed by atoms with Crippen molar-refractivity contribution in [1.29, 1.82) is 0 Å². The predicted octanol–water partition coefficient (Wildman–Crippen LogP) is 21.2. The van der Waals surface area contributed by atoms with Crippen LogP contribution in [0.2, 0.25) is 0 Å². The lowest BCUT2D eigenvalue weighted by Gasteiger charge is -2.24. The van der Waals surface area contributed by atoms with E-state index in [1.807, 2.05) is 294 Å². The Morgan fingerprint density at radius 2 is 0.971 bits per heavy atom. The number of fused-ring (bicyclic) bond motifs is 1. The zero-order valence-corrected chi connectivity index (χ0v) is 85.9. The Morgan fingerprint density at radius 3 is 1.45 bits per heavy atom. The number of furan rings is 1. The molecule has 11 aromatic rings. The normalized spacial score (nSPS) is 12.7. The van der Waals surface area contributed by atoms with Gasteiger partial charge in [0.1, 0.15) is 11.7 Å². The number of hydrogen-bond donors (Lipinski definition) is 7. The van der Waals surface area contributed by atoms with Gasteiger partial charge in [0.2, 0.25) is 11.8 Å². The highest BCUT2D eigenvalue weighted by atomic mass is 32.2. The van der Waals surface area contributed by atoms with Crippen molar-refractivity contribution < 1.29 is 69.0 Å². The average Bonchev–Trinajstić information content (AvgIpc) is 1.20. The number of carbonyl (C=O) groups is 7. The molecule has 2 saturated heterocycles. The number of likely N-dealkylation sites (N-methyl/N-ethyl adjacent to an activating group) is 1. The Morgan fingerprint density at radius 1 is 0.496 bits per heavy atom. The molecule has 8 N–H and O–H groups in total. The highest BCUT2D eigenvalue weighted by Gasteiger charge is 2.27. The lowest BCUT2D eigenvalue weighted by atomic mass is 9.85. The van der Waals surface area contributed by atoms with E-state index in [0.717, 1.165) is 133 Å². The van der Waals surface area contributed by atoms with Gasteiger partial charge in [0.05, 0.1) is 37.3 Å². The summed E-state index contributed by atoms with van der Waals surface area (Å²) < 4.78 is 75.7. The Labute approximate surface area is 826 Å². The summed E-state index contributed by atoms with van der Waals surface area (Å²) >= 11 is 0. The summed E-state index contributed by atoms with van der Waals surface area (Å²) in [6.07, 6.45) is 11.2. The van der Waals surface area contributed by atoms with Gasteiger partial charge in [-0.1, -0.05) is 213 Å². The van der Waals surface area contributed by atoms with E-state index in [4.69, 9.17) is 24.4 Å². The van der Waals surface area contributed by atoms with Crippen LogP contribution in [0.4, 0.5) is 27.5 Å². The first kappa shape index (κ1) is 116. The van der Waals surface area contributed by atoms with Gasteiger partial charge in [-0.25, -0.2) is 4.79 Å². The Bertz CT molecular complexity index is 5710. The maximum absolute atomic E-state index is 12.3. The van der Waals surface area contributed by atoms with E-state index in [1.165, 1.54) is 48.2 Å². The number of benzene rings is 10. The maximum atomic E-state index is 12.3. The smallest absolute Gasteiger partial charge is 0.412 e. The number of hydrogen-bond acceptors (Lipinski definition) is 16. The first-order valence-electron chi connectivity index (χ1n) is 47.3. The molecule has 28 heteroatoms. The lowest BCUT2D eigenvalue weighted by molar-refractivity contribution is -0.143. The third-order valence-electron chi connectivity index (χ3n) is 21.7. The molecule has 14 rings (SSSR count). The van der Waals surface area contributed by atoms with Crippen LogP contribution in [0.15, 0.2) is 266 Å². The SMILES string of the molecule is C=CC(C)OC(=O)Nc1cccc(C)c1.CCCCOC(=O)Cc1cccc(C)c1.CCN(CC)S(=O)(=O)Nc1cccc(C)c1.CCNC(=O)c1ccc(C)cc1.COCCNC(=O)c1ccc(C)cc1.Cc1ccc(C(=O)N2CCCN(C)CC2)cc1.Cc1ccc(C(N)=O)cc1.Cc1ccc(NC(=O)C2CCC2)cc1.Cc1ccc2occc2c1.Cc1cccc(NS(=O)(=O)N2CCCC2)c1. The number of primary amides is 1. The molecule has 0 bridgehead atoms. The molecule has 3 aliphatic rings. The molecule has 1 unspecified atom stereocenters. The van der Waals surface area contributed by atoms with Crippen molar-refractivity contribution in [3.8, 4) is 0 Å². The molecule has 2 aliphatic heterocycles. The zero-order valence-electron chi connectivity index (χ0n) is 84.3. The van der Waals surface area contributed by atoms with E-state index in [-0.39, 0.29) is 47.5 Å². The van der Waals surface area contributed by atoms with E-state index >= 15 is 0 Å². The summed E-state index contributed by atoms with van der Waals surface area (Å²) in [6, 6.07) is 76.2. The molecule has 748 valence electrons. The summed E-state index contributed by atoms with van der Waals surface area (Å²) in [4.78, 5) is 84.0. The third-order valence-corrected chi connectivity index (χ3v) is 24.9. The highest BCUT2D eigenvalue weighted by Crippen LogP contribution is 2.28. The number of nitrogens with zero attached hydrogens (tertiary/aromatic N) is 4. The van der Waals surface area contributed by atoms with Gasteiger partial charge in [-0.2, -0.15) is 25.4 Å². The van der Waals surface area contributed by atoms with E-state index in [0.29, 0.717) is 81.4 Å². The van der Waals surface area contributed by atoms with Crippen molar-refractivity contribution in [1.82, 2.24) is 29.0 Å². The van der Waals surface area contributed by atoms with Crippen molar-refractivity contribution in [3.63, 3.8) is 0 Å². The molecule has 139 heavy (non-hydrogen) atoms. The van der Waals surface area contributed by atoms with Crippen molar-refractivity contribution >= 4 is 95.7 Å². The van der Waals surface area contributed by atoms with Gasteiger partial charge in [-0.3, -0.25) is 43.5 Å². The molecule has 10 aromatic carbocycles. The van der Waals surface area contributed by atoms with Crippen LogP contribution in [-0.2, 0) is 50.6 Å². The number of rotatable bonds is 26. The van der Waals surface area contributed by atoms with Gasteiger partial charge in [0.25, 0.3) is 17.7 Å². The van der Waals surface area contributed by atoms with Crippen LogP contribution in [0.1, 0.15) is 189 Å². The van der Waals surface area contributed by atoms with Crippen LogP contribution in [0, 0.1) is 75.2 Å². The number of anilines is 4. The third kappa shape index (κ3) is 46.7. The van der Waals surface area contributed by atoms with Crippen LogP contribution in [0.3, 0.4) is 0 Å². The summed E-state index contributed by atoms with van der Waals surface area (Å²) in [5, 5.41) is 12.2. The number of nitrogens with two attached hydrogens (primary N) is 1. The quantitative estimate of drug-likeness (QED) is 0.0150. The number of nitrogens with one attached hydrogen (secondary N) is 6. The summed E-state index contributed by atoms with van der Waals surface area (Å²) in [6.45, 7) is 41.1. The molecule has 1 aliphatic carbocycles. The number of methoxy groups -OCH3 is 1. The minimum atomic E-state index is -3.41. The average molecular weight is 1940 g/mol. The summed E-state index contributed by atoms with van der Waals surface area (Å²) in [5.41, 5.74) is 24.1. The molecule has 1 saturated carbocycles. The predicted molar refractivity (Wildman–Crippen MR) is 564 cm³/mol. The Hall–Kier alpha value is -13.1. The fourth-order valence-electron chi connectivity index (χ4n) is 13.3. The van der Waals surface area contributed by atoms with Crippen molar-refractivity contribution in [2.75, 3.05) is 113 Å². The van der Waals surface area contributed by atoms with Gasteiger partial charge < -0.3 is 50.1 Å². The first-order valence-corrected chi connectivity index (χ1v) is 50.2. The standard InChI is InChI=1S/C14H20N2O.C13H18O2.C12H15NO2.C12H15NO.C11H16N2O2S.C11H18N2O2S.C11H15NO2.C10H13NO.C9H8O.C8H9NO/c1-12-4-6-13(7-5-12)14(17)16-9-3-8-15(2)10-11-16;1-3-4-8-15-13(14)10-12-7-5-6-11(2)9-12;1-4-10(3)15-12(14)13-11-7-5-6-9(2)8-11;1-9-5-7-11(8-6-9)13-12(14)10-3-2-4-10;1-10-5-4-6-11(9-10)12-16(14,15)13-7-2-3-8-13;1-4-13(5-2)16(14,15)12-11-8-6-7-10(3)9-11;1-9-3-5-10(6-4-9)11(13)12-7-8-14-2;1-3-11-10(12)9-6-4-8(2)5-7-9;1-7-2-3-9-8(6-7)4-5-10-9;1-6-2-4-7(5-3-6)8(9)10/h4-7H,3,8-11H2,1-2H3;5-7,9H,3-4,8,10H2,1-2H3;4-8,10H,1H2,2-3H3,(H,13,14);5-8,10H,2-4H2,1H3,(H,13,14);4-6,9,12H,2-3,7-8H2,1H3;6-9,12H,4-5H2,1-3H3;3-6H,7-8H2,1-2H3,(H,12,13);4-7H,3H2,1-2H3,(H,11,12);2-6H,1H3;2-5H,1H3,(H2,9,10). The Kier molecular flexibility index (Phi) is 53.1. The maximum Gasteiger partial charge on any atom is 0.412 e. The Balaban J connectivity index is 0.000000273. The zero-order chi connectivity index (χ0) is 102. The van der Waals surface area contributed by atoms with Gasteiger partial charge in [-0.05, 0) is 273 Å². The highest BCUT2D eigenvalue weighted by molar-refractivity contribution is 7.90. The van der Waals surface area contributed by atoms with E-state index in [9.17, 15) is 50.4 Å². The number of aryl methyl sites for hydroxylation is 10. The van der Waals surface area contributed by atoms with E-state index in [2.05, 4.69) is 69.2 Å². The first-order chi connectivity index (χ1) is 66.4. The molecule has 1 atom stereocenters. The van der Waals surface area contributed by atoms with Crippen LogP contribution >= 0.6 is 0 Å². The largest absolute Gasteiger partial charge is 0.465 e. The molecular formula is C111H147N11O15S2. The van der Waals surface area contributed by atoms with Gasteiger partial charge in [0, 0.05) is 111 Å². The van der Waals surface area contributed by atoms with Gasteiger partial charge >= 0.3 is 32.5 Å². The molecule has 3 heterocycles. The number of carbonyl (C=O) groups excluding carboxylic acids is 7. The van der Waals surface area contributed by atoms with Crippen molar-refractivity contribution in [2.24, 2.45) is 11.7 Å². The van der Waals surface area contributed by atoms with E-state index in [1.54, 1.807) is 56.7 Å². The lowest BCUT2D eigenvalue weighted by Crippen LogP contribution is -2.35. The number of unbranched alkanes of at least 4 members (excludes halogenated alkanes) is 1. The molecule has 1 aromatic heterocycles. The van der Waals surface area contributed by atoms with Gasteiger partial charge in [0.15, 0.2) is 0 Å². The van der Waals surface area contributed by atoms with Crippen molar-refractivity contribution in [3.05, 3.63) is 345 Å². The van der Waals surface area contributed by atoms with Crippen LogP contribution in [0.5, 0.6) is 0 Å². The summed E-state index contributed by atoms with van der Waals surface area (Å²) in [5.74, 6) is 0.0466. The minimum absolute atomic E-state index is 0.00231. The second-order valence-corrected chi connectivity index (χ2v) is 37.4. The monoisotopic (exact) mass is 1940 g/mol. The molecular weight excluding hydrogens is 1790 g/mol. The number of esters is 1. The summed E-state index contributed by atoms with van der Waals surface area (Å²) in [7, 11) is -3.04. The molecule has 6 amide bonds. The number of ether oxygens (including phenoxy) is 3.